The maximum Gasteiger partial charge on any atom is 0.420 e. The molecule has 1 aromatic carbocycles. The highest BCUT2D eigenvalue weighted by Gasteiger charge is 2.18. The van der Waals surface area contributed by atoms with Gasteiger partial charge in [0.05, 0.1) is 5.52 Å². The van der Waals surface area contributed by atoms with Crippen molar-refractivity contribution in [3.05, 3.63) is 40.4 Å². The third-order valence-electron chi connectivity index (χ3n) is 3.75. The summed E-state index contributed by atoms with van der Waals surface area (Å²) in [5.74, 6) is 1.38. The molecule has 1 amide bonds. The zero-order valence-electron chi connectivity index (χ0n) is 14.0. The molecule has 3 heterocycles. The molecule has 0 aliphatic heterocycles. The van der Waals surface area contributed by atoms with Gasteiger partial charge in [0.2, 0.25) is 5.82 Å². The van der Waals surface area contributed by atoms with E-state index >= 15 is 0 Å². The summed E-state index contributed by atoms with van der Waals surface area (Å²) in [7, 11) is 0. The van der Waals surface area contributed by atoms with E-state index in [1.54, 1.807) is 30.3 Å². The van der Waals surface area contributed by atoms with E-state index in [1.165, 1.54) is 16.2 Å². The molecule has 4 aromatic rings. The van der Waals surface area contributed by atoms with Gasteiger partial charge in [-0.25, -0.2) is 9.78 Å². The van der Waals surface area contributed by atoms with Crippen molar-refractivity contribution < 1.29 is 9.53 Å². The van der Waals surface area contributed by atoms with E-state index in [2.05, 4.69) is 30.6 Å². The van der Waals surface area contributed by atoms with E-state index in [9.17, 15) is 4.79 Å². The normalized spacial score (nSPS) is 10.9. The molecule has 0 saturated carbocycles. The lowest BCUT2D eigenvalue weighted by Gasteiger charge is -2.19. The lowest BCUT2D eigenvalue weighted by atomic mass is 10.2. The summed E-state index contributed by atoms with van der Waals surface area (Å²) >= 11 is 6.49. The molecule has 3 aromatic heterocycles. The Morgan fingerprint density at radius 1 is 1.26 bits per heavy atom. The van der Waals surface area contributed by atoms with Crippen LogP contribution >= 0.6 is 23.6 Å². The van der Waals surface area contributed by atoms with Crippen LogP contribution < -0.4 is 9.64 Å². The van der Waals surface area contributed by atoms with Crippen molar-refractivity contribution in [2.24, 2.45) is 0 Å². The van der Waals surface area contributed by atoms with Gasteiger partial charge in [-0.3, -0.25) is 4.90 Å². The van der Waals surface area contributed by atoms with Gasteiger partial charge in [-0.1, -0.05) is 11.3 Å². The number of aromatic amines is 2. The number of nitrogens with zero attached hydrogens (tertiary/aromatic N) is 5. The van der Waals surface area contributed by atoms with Gasteiger partial charge in [0.1, 0.15) is 16.4 Å². The number of anilines is 1. The minimum Gasteiger partial charge on any atom is -0.410 e. The second kappa shape index (κ2) is 7.21. The molecule has 9 nitrogen and oxygen atoms in total. The molecule has 0 radical (unpaired) electrons. The molecule has 0 unspecified atom stereocenters. The fraction of sp³-hybridized carbons (Fsp3) is 0.125. The van der Waals surface area contributed by atoms with E-state index in [0.717, 1.165) is 15.9 Å². The summed E-state index contributed by atoms with van der Waals surface area (Å²) < 4.78 is 6.11. The monoisotopic (exact) mass is 399 g/mol. The van der Waals surface area contributed by atoms with Gasteiger partial charge < -0.3 is 9.72 Å². The highest BCUT2D eigenvalue weighted by Crippen LogP contribution is 2.23. The van der Waals surface area contributed by atoms with E-state index in [4.69, 9.17) is 17.0 Å². The van der Waals surface area contributed by atoms with Crippen LogP contribution in [0.5, 0.6) is 5.75 Å². The summed E-state index contributed by atoms with van der Waals surface area (Å²) in [6, 6.07) is 10.4. The predicted molar refractivity (Wildman–Crippen MR) is 103 cm³/mol. The molecular formula is C16H13N7O2S2. The first-order valence-electron chi connectivity index (χ1n) is 7.97. The van der Waals surface area contributed by atoms with Gasteiger partial charge >= 0.3 is 6.09 Å². The Labute approximate surface area is 162 Å². The summed E-state index contributed by atoms with van der Waals surface area (Å²) in [6.07, 6.45) is -0.518. The number of tetrazole rings is 1. The molecule has 2 N–H and O–H groups in total. The highest BCUT2D eigenvalue weighted by molar-refractivity contribution is 7.73. The number of hydrogen-bond acceptors (Lipinski definition) is 8. The van der Waals surface area contributed by atoms with Crippen LogP contribution in [0.3, 0.4) is 0 Å². The van der Waals surface area contributed by atoms with Crippen LogP contribution in [0.25, 0.3) is 21.7 Å². The fourth-order valence-electron chi connectivity index (χ4n) is 2.47. The Balaban J connectivity index is 1.53. The van der Waals surface area contributed by atoms with Crippen molar-refractivity contribution in [1.29, 1.82) is 0 Å². The third-order valence-corrected chi connectivity index (χ3v) is 4.89. The van der Waals surface area contributed by atoms with Crippen molar-refractivity contribution in [2.75, 3.05) is 11.4 Å². The van der Waals surface area contributed by atoms with Crippen LogP contribution in [0.4, 0.5) is 10.6 Å². The number of nitrogens with one attached hydrogen (secondary N) is 2. The van der Waals surface area contributed by atoms with Crippen LogP contribution in [-0.4, -0.2) is 43.2 Å². The molecular weight excluding hydrogens is 386 g/mol. The lowest BCUT2D eigenvalue weighted by molar-refractivity contribution is 0.207. The SMILES string of the molecule is CCN(C(=O)Oc1ccc(-c2nn[nH]n2)cc1)c1ccc2[nH]c(=S)sc2n1. The summed E-state index contributed by atoms with van der Waals surface area (Å²) in [6.45, 7) is 2.26. The first kappa shape index (κ1) is 17.2. The lowest BCUT2D eigenvalue weighted by Crippen LogP contribution is -2.33. The average molecular weight is 399 g/mol. The molecule has 0 spiro atoms. The van der Waals surface area contributed by atoms with Crippen molar-refractivity contribution in [2.45, 2.75) is 6.92 Å². The zero-order valence-corrected chi connectivity index (χ0v) is 15.7. The smallest absolute Gasteiger partial charge is 0.410 e. The van der Waals surface area contributed by atoms with Crippen LogP contribution in [0.2, 0.25) is 0 Å². The van der Waals surface area contributed by atoms with Crippen molar-refractivity contribution in [3.8, 4) is 17.1 Å². The molecule has 0 aliphatic rings. The zero-order chi connectivity index (χ0) is 18.8. The highest BCUT2D eigenvalue weighted by atomic mass is 32.1. The minimum absolute atomic E-state index is 0.407. The Kier molecular flexibility index (Phi) is 4.60. The second-order valence-corrected chi connectivity index (χ2v) is 7.07. The Hall–Kier alpha value is -3.18. The first-order valence-corrected chi connectivity index (χ1v) is 9.19. The van der Waals surface area contributed by atoms with E-state index in [0.29, 0.717) is 27.9 Å². The molecule has 0 aliphatic carbocycles. The van der Waals surface area contributed by atoms with Gasteiger partial charge in [-0.15, -0.1) is 10.2 Å². The number of fused-ring (bicyclic) bond motifs is 1. The number of carbonyl (C=O) groups is 1. The number of hydrogen-bond donors (Lipinski definition) is 2. The van der Waals surface area contributed by atoms with Crippen LogP contribution in [0.15, 0.2) is 36.4 Å². The Morgan fingerprint density at radius 3 is 2.78 bits per heavy atom. The average Bonchev–Trinajstić information content (AvgIpc) is 3.31. The number of thiazole rings is 1. The number of pyridine rings is 1. The molecule has 0 bridgehead atoms. The van der Waals surface area contributed by atoms with E-state index < -0.39 is 6.09 Å². The predicted octanol–water partition coefficient (Wildman–Crippen LogP) is 3.56. The molecule has 4 rings (SSSR count). The minimum atomic E-state index is -0.518. The topological polar surface area (TPSA) is 113 Å². The fourth-order valence-corrected chi connectivity index (χ4v) is 3.53. The molecule has 0 saturated heterocycles. The number of carbonyl (C=O) groups excluding carboxylic acids is 1. The van der Waals surface area contributed by atoms with Gasteiger partial charge in [-0.2, -0.15) is 5.21 Å². The number of amides is 1. The number of benzene rings is 1. The molecule has 0 fully saturated rings. The maximum atomic E-state index is 12.6. The van der Waals surface area contributed by atoms with Gasteiger partial charge in [0.15, 0.2) is 3.95 Å². The summed E-state index contributed by atoms with van der Waals surface area (Å²) in [5, 5.41) is 13.7. The van der Waals surface area contributed by atoms with Crippen LogP contribution in [-0.2, 0) is 0 Å². The molecule has 0 atom stereocenters. The largest absolute Gasteiger partial charge is 0.420 e. The molecule has 27 heavy (non-hydrogen) atoms. The third kappa shape index (κ3) is 3.55. The number of H-pyrrole nitrogens is 2. The number of ether oxygens (including phenoxy) is 1. The summed E-state index contributed by atoms with van der Waals surface area (Å²) in [4.78, 5) is 22.3. The van der Waals surface area contributed by atoms with Gasteiger partial charge in [0, 0.05) is 12.1 Å². The second-order valence-electron chi connectivity index (χ2n) is 5.41. The number of aromatic nitrogens is 6. The standard InChI is InChI=1S/C16H13N7O2S2/c1-2-23(12-8-7-11-14(18-12)27-15(26)17-11)16(24)25-10-5-3-9(4-6-10)13-19-21-22-20-13/h3-8H,2H2,1H3,(H,17,26)(H,19,20,21,22). The van der Waals surface area contributed by atoms with E-state index in [1.807, 2.05) is 13.0 Å². The Bertz CT molecular complexity index is 1140. The van der Waals surface area contributed by atoms with Crippen molar-refractivity contribution >= 4 is 45.8 Å². The van der Waals surface area contributed by atoms with E-state index in [-0.39, 0.29) is 0 Å². The maximum absolute atomic E-state index is 12.6. The Morgan fingerprint density at radius 2 is 2.07 bits per heavy atom. The van der Waals surface area contributed by atoms with Crippen LogP contribution in [0.1, 0.15) is 6.92 Å². The van der Waals surface area contributed by atoms with Crippen LogP contribution in [0, 0.1) is 3.95 Å². The van der Waals surface area contributed by atoms with Crippen molar-refractivity contribution in [3.63, 3.8) is 0 Å². The number of rotatable bonds is 4. The first-order chi connectivity index (χ1) is 13.1. The molecule has 11 heteroatoms. The van der Waals surface area contributed by atoms with Gasteiger partial charge in [-0.05, 0) is 60.8 Å². The summed E-state index contributed by atoms with van der Waals surface area (Å²) in [5.41, 5.74) is 1.60. The quantitative estimate of drug-likeness (QED) is 0.505. The van der Waals surface area contributed by atoms with Gasteiger partial charge in [0.25, 0.3) is 0 Å². The molecule has 136 valence electrons. The van der Waals surface area contributed by atoms with Crippen molar-refractivity contribution in [1.82, 2.24) is 30.6 Å².